The highest BCUT2D eigenvalue weighted by Gasteiger charge is 2.39. The van der Waals surface area contributed by atoms with Crippen LogP contribution in [0.5, 0.6) is 0 Å². The van der Waals surface area contributed by atoms with Crippen LogP contribution < -0.4 is 4.31 Å². The topological polar surface area (TPSA) is 37.4 Å². The molecule has 1 aliphatic heterocycles. The Kier molecular flexibility index (Phi) is 3.37. The van der Waals surface area contributed by atoms with Crippen LogP contribution >= 0.6 is 0 Å². The van der Waals surface area contributed by atoms with E-state index in [0.717, 1.165) is 16.8 Å². The van der Waals surface area contributed by atoms with E-state index >= 15 is 0 Å². The van der Waals surface area contributed by atoms with Crippen LogP contribution in [0.1, 0.15) is 26.3 Å². The Morgan fingerprint density at radius 3 is 2.18 bits per heavy atom. The molecule has 0 unspecified atom stereocenters. The number of hydrogen-bond donors (Lipinski definition) is 0. The maximum Gasteiger partial charge on any atom is 0.265 e. The third-order valence-corrected chi connectivity index (χ3v) is 5.94. The Bertz CT molecular complexity index is 836. The molecule has 2 aromatic carbocycles. The lowest BCUT2D eigenvalue weighted by atomic mass is 9.91. The zero-order valence-corrected chi connectivity index (χ0v) is 13.8. The molecule has 0 aliphatic carbocycles. The zero-order chi connectivity index (χ0) is 16.0. The van der Waals surface area contributed by atoms with Gasteiger partial charge in [0.25, 0.3) is 10.0 Å². The second-order valence-corrected chi connectivity index (χ2v) is 7.87. The predicted octanol–water partition coefficient (Wildman–Crippen LogP) is 4.08. The highest BCUT2D eigenvalue weighted by Crippen LogP contribution is 2.41. The molecule has 0 fully saturated rings. The van der Waals surface area contributed by atoms with E-state index in [1.165, 1.54) is 4.31 Å². The summed E-state index contributed by atoms with van der Waals surface area (Å²) in [5.74, 6) is 0. The van der Waals surface area contributed by atoms with Crippen LogP contribution in [0.3, 0.4) is 0 Å². The number of allylic oxidation sites excluding steroid dienone is 1. The van der Waals surface area contributed by atoms with Gasteiger partial charge in [0.15, 0.2) is 0 Å². The van der Waals surface area contributed by atoms with Crippen molar-refractivity contribution in [3.63, 3.8) is 0 Å². The quantitative estimate of drug-likeness (QED) is 0.838. The highest BCUT2D eigenvalue weighted by molar-refractivity contribution is 7.93. The average molecular weight is 313 g/mol. The van der Waals surface area contributed by atoms with E-state index in [2.05, 4.69) is 0 Å². The van der Waals surface area contributed by atoms with Gasteiger partial charge in [-0.05, 0) is 44.5 Å². The smallest absolute Gasteiger partial charge is 0.256 e. The van der Waals surface area contributed by atoms with Crippen LogP contribution in [0.15, 0.2) is 65.6 Å². The number of hydrogen-bond acceptors (Lipinski definition) is 2. The Morgan fingerprint density at radius 2 is 1.50 bits per heavy atom. The lowest BCUT2D eigenvalue weighted by Crippen LogP contribution is -2.48. The fourth-order valence-corrected chi connectivity index (χ4v) is 4.90. The first-order chi connectivity index (χ1) is 10.3. The van der Waals surface area contributed by atoms with Crippen molar-refractivity contribution in [3.05, 3.63) is 66.2 Å². The summed E-state index contributed by atoms with van der Waals surface area (Å²) in [7, 11) is -3.62. The van der Waals surface area contributed by atoms with E-state index in [1.807, 2.05) is 57.2 Å². The summed E-state index contributed by atoms with van der Waals surface area (Å²) in [6.07, 6.45) is 2.01. The van der Waals surface area contributed by atoms with Crippen molar-refractivity contribution >= 4 is 21.3 Å². The minimum Gasteiger partial charge on any atom is -0.256 e. The van der Waals surface area contributed by atoms with Crippen molar-refractivity contribution in [2.24, 2.45) is 0 Å². The van der Waals surface area contributed by atoms with Crippen molar-refractivity contribution in [1.82, 2.24) is 0 Å². The fraction of sp³-hybridized carbons (Fsp3) is 0.222. The first-order valence-electron chi connectivity index (χ1n) is 7.23. The van der Waals surface area contributed by atoms with Crippen molar-refractivity contribution < 1.29 is 8.42 Å². The van der Waals surface area contributed by atoms with Crippen LogP contribution in [0.25, 0.3) is 5.57 Å². The monoisotopic (exact) mass is 313 g/mol. The van der Waals surface area contributed by atoms with Gasteiger partial charge in [0.1, 0.15) is 0 Å². The second kappa shape index (κ2) is 4.99. The maximum absolute atomic E-state index is 13.2. The average Bonchev–Trinajstić information content (AvgIpc) is 2.47. The van der Waals surface area contributed by atoms with E-state index in [1.54, 1.807) is 24.3 Å². The molecule has 3 rings (SSSR count). The molecule has 0 bridgehead atoms. The first-order valence-corrected chi connectivity index (χ1v) is 8.67. The van der Waals surface area contributed by atoms with Crippen LogP contribution in [-0.2, 0) is 10.0 Å². The molecule has 22 heavy (non-hydrogen) atoms. The minimum atomic E-state index is -3.62. The van der Waals surface area contributed by atoms with Crippen molar-refractivity contribution in [2.75, 3.05) is 4.31 Å². The third kappa shape index (κ3) is 2.24. The van der Waals surface area contributed by atoms with Crippen LogP contribution in [0.4, 0.5) is 5.69 Å². The molecule has 0 N–H and O–H groups in total. The molecule has 0 atom stereocenters. The largest absolute Gasteiger partial charge is 0.265 e. The molecule has 4 heteroatoms. The van der Waals surface area contributed by atoms with Crippen LogP contribution in [-0.4, -0.2) is 14.0 Å². The molecule has 1 heterocycles. The van der Waals surface area contributed by atoms with E-state index in [0.29, 0.717) is 4.90 Å². The Labute approximate surface area is 132 Å². The number of benzene rings is 2. The molecule has 1 aliphatic rings. The molecule has 0 saturated heterocycles. The number of para-hydroxylation sites is 1. The van der Waals surface area contributed by atoms with E-state index in [-0.39, 0.29) is 0 Å². The van der Waals surface area contributed by atoms with Gasteiger partial charge in [-0.2, -0.15) is 0 Å². The third-order valence-electron chi connectivity index (χ3n) is 3.92. The molecule has 0 aromatic heterocycles. The van der Waals surface area contributed by atoms with Crippen molar-refractivity contribution in [1.29, 1.82) is 0 Å². The molecule has 2 aromatic rings. The summed E-state index contributed by atoms with van der Waals surface area (Å²) < 4.78 is 27.9. The zero-order valence-electron chi connectivity index (χ0n) is 12.9. The number of nitrogens with zero attached hydrogens (tertiary/aromatic N) is 1. The van der Waals surface area contributed by atoms with Crippen LogP contribution in [0, 0.1) is 0 Å². The Balaban J connectivity index is 2.26. The highest BCUT2D eigenvalue weighted by atomic mass is 32.2. The summed E-state index contributed by atoms with van der Waals surface area (Å²) in [4.78, 5) is 0.311. The van der Waals surface area contributed by atoms with Gasteiger partial charge in [0, 0.05) is 5.56 Å². The number of sulfonamides is 1. The maximum atomic E-state index is 13.2. The van der Waals surface area contributed by atoms with Gasteiger partial charge in [-0.3, -0.25) is 4.31 Å². The van der Waals surface area contributed by atoms with E-state index < -0.39 is 15.6 Å². The normalized spacial score (nSPS) is 16.9. The molecule has 114 valence electrons. The Hall–Kier alpha value is -2.07. The molecule has 3 nitrogen and oxygen atoms in total. The van der Waals surface area contributed by atoms with Gasteiger partial charge in [-0.15, -0.1) is 0 Å². The van der Waals surface area contributed by atoms with Gasteiger partial charge in [-0.25, -0.2) is 8.42 Å². The SMILES string of the molecule is CC1=CC(C)(C)N(S(=O)(=O)c2ccccc2)c2ccccc21. The molecule has 0 radical (unpaired) electrons. The van der Waals surface area contributed by atoms with Crippen LogP contribution in [0.2, 0.25) is 0 Å². The molecular formula is C18H19NO2S. The van der Waals surface area contributed by atoms with E-state index in [4.69, 9.17) is 0 Å². The number of rotatable bonds is 2. The summed E-state index contributed by atoms with van der Waals surface area (Å²) in [6.45, 7) is 5.87. The van der Waals surface area contributed by atoms with Crippen molar-refractivity contribution in [3.8, 4) is 0 Å². The predicted molar refractivity (Wildman–Crippen MR) is 90.3 cm³/mol. The first kappa shape index (κ1) is 14.9. The van der Waals surface area contributed by atoms with E-state index in [9.17, 15) is 8.42 Å². The molecule has 0 saturated carbocycles. The summed E-state index contributed by atoms with van der Waals surface area (Å²) in [5.41, 5.74) is 2.17. The number of anilines is 1. The van der Waals surface area contributed by atoms with Gasteiger partial charge in [0.2, 0.25) is 0 Å². The summed E-state index contributed by atoms with van der Waals surface area (Å²) in [6, 6.07) is 16.2. The lowest BCUT2D eigenvalue weighted by molar-refractivity contribution is 0.561. The van der Waals surface area contributed by atoms with Gasteiger partial charge < -0.3 is 0 Å². The summed E-state index contributed by atoms with van der Waals surface area (Å²) in [5, 5.41) is 0. The second-order valence-electron chi connectivity index (χ2n) is 6.08. The molecule has 0 spiro atoms. The number of fused-ring (bicyclic) bond motifs is 1. The fourth-order valence-electron chi connectivity index (χ4n) is 3.10. The van der Waals surface area contributed by atoms with Crippen molar-refractivity contribution in [2.45, 2.75) is 31.2 Å². The minimum absolute atomic E-state index is 0.311. The Morgan fingerprint density at radius 1 is 0.909 bits per heavy atom. The lowest BCUT2D eigenvalue weighted by Gasteiger charge is -2.41. The standard InChI is InChI=1S/C18H19NO2S/c1-14-13-18(2,3)19(17-12-8-7-11-16(14)17)22(20,21)15-9-5-4-6-10-15/h4-13H,1-3H3. The van der Waals surface area contributed by atoms with Gasteiger partial charge >= 0.3 is 0 Å². The van der Waals surface area contributed by atoms with Gasteiger partial charge in [0.05, 0.1) is 16.1 Å². The summed E-state index contributed by atoms with van der Waals surface area (Å²) >= 11 is 0. The molecule has 0 amide bonds. The molecular weight excluding hydrogens is 294 g/mol. The van der Waals surface area contributed by atoms with Gasteiger partial charge in [-0.1, -0.05) is 42.5 Å².